The molecule has 0 amide bonds. The van der Waals surface area contributed by atoms with Crippen molar-refractivity contribution in [2.24, 2.45) is 0 Å². The molecule has 0 saturated heterocycles. The third-order valence-corrected chi connectivity index (χ3v) is 3.87. The Kier molecular flexibility index (Phi) is 5.28. The molecule has 120 valence electrons. The average molecular weight is 308 g/mol. The topological polar surface area (TPSA) is 18.5 Å². The van der Waals surface area contributed by atoms with Gasteiger partial charge in [0.1, 0.15) is 11.5 Å². The normalized spacial score (nSPS) is 11.3. The Morgan fingerprint density at radius 2 is 1.70 bits per heavy atom. The largest absolute Gasteiger partial charge is 0.497 e. The van der Waals surface area contributed by atoms with Crippen molar-refractivity contribution < 1.29 is 9.47 Å². The second kappa shape index (κ2) is 7.19. The Labute approximate surface area is 139 Å². The maximum absolute atomic E-state index is 5.60. The van der Waals surface area contributed by atoms with Crippen LogP contribution in [0.2, 0.25) is 0 Å². The van der Waals surface area contributed by atoms with Gasteiger partial charge in [0.15, 0.2) is 0 Å². The highest BCUT2D eigenvalue weighted by atomic mass is 16.5. The van der Waals surface area contributed by atoms with Gasteiger partial charge in [-0.1, -0.05) is 36.4 Å². The molecule has 23 heavy (non-hydrogen) atoms. The zero-order valence-electron chi connectivity index (χ0n) is 14.6. The van der Waals surface area contributed by atoms with Gasteiger partial charge in [0.25, 0.3) is 0 Å². The van der Waals surface area contributed by atoms with E-state index in [0.29, 0.717) is 0 Å². The van der Waals surface area contributed by atoms with Gasteiger partial charge < -0.3 is 9.47 Å². The van der Waals surface area contributed by atoms with Gasteiger partial charge >= 0.3 is 0 Å². The highest BCUT2D eigenvalue weighted by Crippen LogP contribution is 2.28. The van der Waals surface area contributed by atoms with E-state index in [2.05, 4.69) is 44.7 Å². The molecular formula is C21H24O2. The Bertz CT molecular complexity index is 754. The fourth-order valence-corrected chi connectivity index (χ4v) is 2.51. The van der Waals surface area contributed by atoms with Crippen LogP contribution in [0.1, 0.15) is 27.8 Å². The number of rotatable bonds is 5. The Balaban J connectivity index is 2.44. The Hall–Kier alpha value is -2.48. The Morgan fingerprint density at radius 1 is 0.957 bits per heavy atom. The smallest absolute Gasteiger partial charge is 0.126 e. The molecule has 0 N–H and O–H groups in total. The van der Waals surface area contributed by atoms with Crippen LogP contribution in [0.3, 0.4) is 0 Å². The van der Waals surface area contributed by atoms with Crippen LogP contribution in [-0.4, -0.2) is 14.2 Å². The molecule has 0 radical (unpaired) electrons. The summed E-state index contributed by atoms with van der Waals surface area (Å²) in [5.41, 5.74) is 6.54. The van der Waals surface area contributed by atoms with Crippen molar-refractivity contribution in [2.45, 2.75) is 20.8 Å². The molecule has 2 aromatic carbocycles. The maximum Gasteiger partial charge on any atom is 0.126 e. The lowest BCUT2D eigenvalue weighted by molar-refractivity contribution is 0.315. The summed E-state index contributed by atoms with van der Waals surface area (Å²) in [6.45, 7) is 10.4. The molecule has 0 aromatic heterocycles. The number of hydrogen-bond acceptors (Lipinski definition) is 2. The molecule has 0 spiro atoms. The quantitative estimate of drug-likeness (QED) is 0.549. The molecule has 0 saturated carbocycles. The third kappa shape index (κ3) is 4.04. The van der Waals surface area contributed by atoms with Crippen molar-refractivity contribution in [3.05, 3.63) is 76.6 Å². The summed E-state index contributed by atoms with van der Waals surface area (Å²) in [5, 5.41) is 0. The van der Waals surface area contributed by atoms with E-state index in [-0.39, 0.29) is 0 Å². The Morgan fingerprint density at radius 3 is 2.35 bits per heavy atom. The maximum atomic E-state index is 5.60. The van der Waals surface area contributed by atoms with Crippen LogP contribution < -0.4 is 4.74 Å². The van der Waals surface area contributed by atoms with Crippen molar-refractivity contribution in [3.63, 3.8) is 0 Å². The van der Waals surface area contributed by atoms with Crippen LogP contribution in [0, 0.1) is 20.8 Å². The van der Waals surface area contributed by atoms with Gasteiger partial charge in [0.05, 0.1) is 14.2 Å². The van der Waals surface area contributed by atoms with Crippen molar-refractivity contribution >= 4 is 11.6 Å². The van der Waals surface area contributed by atoms with E-state index in [1.165, 1.54) is 11.1 Å². The van der Waals surface area contributed by atoms with E-state index in [9.17, 15) is 0 Å². The summed E-state index contributed by atoms with van der Waals surface area (Å²) in [7, 11) is 3.35. The molecule has 0 fully saturated rings. The molecular weight excluding hydrogens is 284 g/mol. The summed E-state index contributed by atoms with van der Waals surface area (Å²) in [4.78, 5) is 0. The number of methoxy groups -OCH3 is 2. The van der Waals surface area contributed by atoms with Crippen LogP contribution in [-0.2, 0) is 4.74 Å². The minimum atomic E-state index is 0.756. The lowest BCUT2D eigenvalue weighted by Gasteiger charge is -2.13. The SMILES string of the molecule is C=C(/C(=C\c1cc(C)ccc1C)OC)c1cc(C)cc(OC)c1. The molecule has 2 rings (SSSR count). The fraction of sp³-hybridized carbons (Fsp3) is 0.238. The van der Waals surface area contributed by atoms with Gasteiger partial charge in [-0.2, -0.15) is 0 Å². The van der Waals surface area contributed by atoms with Crippen molar-refractivity contribution in [2.75, 3.05) is 14.2 Å². The number of aryl methyl sites for hydroxylation is 3. The van der Waals surface area contributed by atoms with Gasteiger partial charge in [-0.25, -0.2) is 0 Å². The van der Waals surface area contributed by atoms with Crippen molar-refractivity contribution in [1.82, 2.24) is 0 Å². The van der Waals surface area contributed by atoms with Crippen molar-refractivity contribution in [3.8, 4) is 5.75 Å². The first kappa shape index (κ1) is 16.9. The molecule has 0 atom stereocenters. The monoisotopic (exact) mass is 308 g/mol. The molecule has 2 aromatic rings. The second-order valence-electron chi connectivity index (χ2n) is 5.79. The summed E-state index contributed by atoms with van der Waals surface area (Å²) in [6.07, 6.45) is 2.04. The van der Waals surface area contributed by atoms with E-state index in [4.69, 9.17) is 9.47 Å². The van der Waals surface area contributed by atoms with Gasteiger partial charge in [-0.3, -0.25) is 0 Å². The molecule has 0 aliphatic heterocycles. The zero-order valence-corrected chi connectivity index (χ0v) is 14.6. The minimum absolute atomic E-state index is 0.756. The molecule has 0 aliphatic carbocycles. The minimum Gasteiger partial charge on any atom is -0.497 e. The summed E-state index contributed by atoms with van der Waals surface area (Å²) in [5.74, 6) is 1.58. The summed E-state index contributed by atoms with van der Waals surface area (Å²) in [6, 6.07) is 12.4. The van der Waals surface area contributed by atoms with E-state index in [1.807, 2.05) is 25.1 Å². The second-order valence-corrected chi connectivity index (χ2v) is 5.79. The highest BCUT2D eigenvalue weighted by molar-refractivity contribution is 5.82. The predicted molar refractivity (Wildman–Crippen MR) is 97.7 cm³/mol. The number of allylic oxidation sites excluding steroid dienone is 1. The van der Waals surface area contributed by atoms with Gasteiger partial charge in [-0.15, -0.1) is 0 Å². The predicted octanol–water partition coefficient (Wildman–Crippen LogP) is 5.32. The molecule has 0 aliphatic rings. The van der Waals surface area contributed by atoms with Gasteiger partial charge in [0, 0.05) is 5.57 Å². The number of hydrogen-bond donors (Lipinski definition) is 0. The first-order valence-electron chi connectivity index (χ1n) is 7.63. The highest BCUT2D eigenvalue weighted by Gasteiger charge is 2.09. The molecule has 0 unspecified atom stereocenters. The number of benzene rings is 2. The van der Waals surface area contributed by atoms with Crippen LogP contribution in [0.25, 0.3) is 11.6 Å². The van der Waals surface area contributed by atoms with Crippen LogP contribution in [0.5, 0.6) is 5.75 Å². The standard InChI is InChI=1S/C21H24O2/c1-14-7-8-16(3)18(9-14)13-21(23-6)17(4)19-10-15(2)11-20(12-19)22-5/h7-13H,4H2,1-3,5-6H3/b21-13+. The van der Waals surface area contributed by atoms with E-state index < -0.39 is 0 Å². The fourth-order valence-electron chi connectivity index (χ4n) is 2.51. The van der Waals surface area contributed by atoms with Crippen LogP contribution in [0.15, 0.2) is 48.7 Å². The third-order valence-electron chi connectivity index (χ3n) is 3.87. The van der Waals surface area contributed by atoms with Gasteiger partial charge in [-0.05, 0) is 61.2 Å². The van der Waals surface area contributed by atoms with E-state index in [1.54, 1.807) is 14.2 Å². The zero-order chi connectivity index (χ0) is 17.0. The average Bonchev–Trinajstić information content (AvgIpc) is 2.54. The molecule has 2 heteroatoms. The van der Waals surface area contributed by atoms with Crippen LogP contribution >= 0.6 is 0 Å². The molecule has 0 bridgehead atoms. The first-order chi connectivity index (χ1) is 10.9. The van der Waals surface area contributed by atoms with E-state index >= 15 is 0 Å². The summed E-state index contributed by atoms with van der Waals surface area (Å²) >= 11 is 0. The lowest BCUT2D eigenvalue weighted by atomic mass is 9.99. The summed E-state index contributed by atoms with van der Waals surface area (Å²) < 4.78 is 11.0. The van der Waals surface area contributed by atoms with Crippen molar-refractivity contribution in [1.29, 1.82) is 0 Å². The van der Waals surface area contributed by atoms with Crippen LogP contribution in [0.4, 0.5) is 0 Å². The lowest BCUT2D eigenvalue weighted by Crippen LogP contribution is -1.95. The molecule has 0 heterocycles. The molecule has 2 nitrogen and oxygen atoms in total. The number of ether oxygens (including phenoxy) is 2. The first-order valence-corrected chi connectivity index (χ1v) is 7.63. The van der Waals surface area contributed by atoms with Gasteiger partial charge in [0.2, 0.25) is 0 Å². The van der Waals surface area contributed by atoms with E-state index in [0.717, 1.165) is 33.8 Å².